The molecule has 1 saturated heterocycles. The second-order valence-electron chi connectivity index (χ2n) is 6.04. The lowest BCUT2D eigenvalue weighted by Gasteiger charge is -2.19. The van der Waals surface area contributed by atoms with Crippen molar-refractivity contribution in [2.24, 2.45) is 0 Å². The average molecular weight is 357 g/mol. The van der Waals surface area contributed by atoms with Crippen LogP contribution in [0.25, 0.3) is 0 Å². The Morgan fingerprint density at radius 3 is 2.68 bits per heavy atom. The summed E-state index contributed by atoms with van der Waals surface area (Å²) in [6.45, 7) is 1.46. The zero-order valence-corrected chi connectivity index (χ0v) is 15.6. The number of methoxy groups -OCH3 is 2. The van der Waals surface area contributed by atoms with Gasteiger partial charge in [0.1, 0.15) is 11.5 Å². The number of ether oxygens (including phenoxy) is 2. The molecule has 2 aromatic carbocycles. The molecule has 1 unspecified atom stereocenters. The van der Waals surface area contributed by atoms with Gasteiger partial charge in [0, 0.05) is 29.5 Å². The van der Waals surface area contributed by atoms with Crippen molar-refractivity contribution in [2.45, 2.75) is 17.2 Å². The average Bonchev–Trinajstić information content (AvgIpc) is 3.16. The summed E-state index contributed by atoms with van der Waals surface area (Å²) in [4.78, 5) is 15.9. The monoisotopic (exact) mass is 357 g/mol. The van der Waals surface area contributed by atoms with Crippen molar-refractivity contribution in [1.82, 2.24) is 4.90 Å². The highest BCUT2D eigenvalue weighted by Gasteiger charge is 2.30. The molecule has 3 rings (SSSR count). The first-order chi connectivity index (χ1) is 12.2. The Morgan fingerprint density at radius 1 is 1.16 bits per heavy atom. The van der Waals surface area contributed by atoms with Crippen LogP contribution in [-0.2, 0) is 0 Å². The van der Waals surface area contributed by atoms with Crippen LogP contribution in [0.5, 0.6) is 11.5 Å². The molecule has 0 saturated carbocycles. The summed E-state index contributed by atoms with van der Waals surface area (Å²) < 4.78 is 10.9. The smallest absolute Gasteiger partial charge is 0.255 e. The largest absolute Gasteiger partial charge is 0.497 e. The molecule has 0 radical (unpaired) electrons. The molecule has 1 fully saturated rings. The highest BCUT2D eigenvalue weighted by atomic mass is 32.2. The fraction of sp³-hybridized carbons (Fsp3) is 0.350. The molecule has 2 aromatic rings. The lowest BCUT2D eigenvalue weighted by atomic mass is 9.97. The second-order valence-corrected chi connectivity index (χ2v) is 6.89. The molecule has 0 aromatic heterocycles. The Bertz CT molecular complexity index is 762. The number of likely N-dealkylation sites (tertiary alicyclic amines) is 1. The fourth-order valence-corrected chi connectivity index (χ4v) is 3.94. The first kappa shape index (κ1) is 17.7. The summed E-state index contributed by atoms with van der Waals surface area (Å²) >= 11 is 1.61. The molecule has 1 heterocycles. The van der Waals surface area contributed by atoms with E-state index in [1.165, 1.54) is 0 Å². The standard InChI is InChI=1S/C20H23NO3S/c1-23-15-8-9-18(24-2)17(12-15)14-10-11-21(13-14)20(22)16-6-4-5-7-19(16)25-3/h4-9,12,14H,10-11,13H2,1-3H3. The maximum atomic E-state index is 12.9. The van der Waals surface area contributed by atoms with Gasteiger partial charge in [0.2, 0.25) is 0 Å². The van der Waals surface area contributed by atoms with Gasteiger partial charge in [-0.1, -0.05) is 12.1 Å². The van der Waals surface area contributed by atoms with Gasteiger partial charge in [-0.15, -0.1) is 11.8 Å². The van der Waals surface area contributed by atoms with Crippen LogP contribution in [0.4, 0.5) is 0 Å². The quantitative estimate of drug-likeness (QED) is 0.757. The molecule has 1 atom stereocenters. The lowest BCUT2D eigenvalue weighted by molar-refractivity contribution is 0.0787. The van der Waals surface area contributed by atoms with Crippen LogP contribution in [0.2, 0.25) is 0 Å². The van der Waals surface area contributed by atoms with E-state index >= 15 is 0 Å². The van der Waals surface area contributed by atoms with Gasteiger partial charge >= 0.3 is 0 Å². The predicted octanol–water partition coefficient (Wildman–Crippen LogP) is 4.06. The first-order valence-corrected chi connectivity index (χ1v) is 9.54. The summed E-state index contributed by atoms with van der Waals surface area (Å²) in [7, 11) is 3.34. The highest BCUT2D eigenvalue weighted by molar-refractivity contribution is 7.98. The van der Waals surface area contributed by atoms with Crippen LogP contribution >= 0.6 is 11.8 Å². The van der Waals surface area contributed by atoms with Crippen molar-refractivity contribution in [3.63, 3.8) is 0 Å². The van der Waals surface area contributed by atoms with Crippen LogP contribution in [0, 0.1) is 0 Å². The molecule has 132 valence electrons. The minimum Gasteiger partial charge on any atom is -0.497 e. The Labute approximate surface area is 153 Å². The molecule has 25 heavy (non-hydrogen) atoms. The molecule has 0 bridgehead atoms. The van der Waals surface area contributed by atoms with E-state index in [0.717, 1.165) is 40.5 Å². The fourth-order valence-electron chi connectivity index (χ4n) is 3.35. The van der Waals surface area contributed by atoms with E-state index < -0.39 is 0 Å². The second kappa shape index (κ2) is 7.83. The van der Waals surface area contributed by atoms with E-state index in [1.54, 1.807) is 26.0 Å². The summed E-state index contributed by atoms with van der Waals surface area (Å²) in [6, 6.07) is 13.6. The summed E-state index contributed by atoms with van der Waals surface area (Å²) in [6.07, 6.45) is 2.93. The first-order valence-electron chi connectivity index (χ1n) is 8.32. The number of nitrogens with zero attached hydrogens (tertiary/aromatic N) is 1. The van der Waals surface area contributed by atoms with Crippen molar-refractivity contribution in [1.29, 1.82) is 0 Å². The van der Waals surface area contributed by atoms with Crippen LogP contribution < -0.4 is 9.47 Å². The normalized spacial score (nSPS) is 16.8. The summed E-state index contributed by atoms with van der Waals surface area (Å²) in [5, 5.41) is 0. The van der Waals surface area contributed by atoms with Crippen LogP contribution in [-0.4, -0.2) is 44.4 Å². The van der Waals surface area contributed by atoms with Crippen molar-refractivity contribution >= 4 is 17.7 Å². The van der Waals surface area contributed by atoms with Crippen molar-refractivity contribution < 1.29 is 14.3 Å². The molecule has 4 nitrogen and oxygen atoms in total. The maximum Gasteiger partial charge on any atom is 0.255 e. The maximum absolute atomic E-state index is 12.9. The number of benzene rings is 2. The summed E-state index contributed by atoms with van der Waals surface area (Å²) in [5.74, 6) is 2.03. The van der Waals surface area contributed by atoms with E-state index in [2.05, 4.69) is 0 Å². The molecule has 0 spiro atoms. The van der Waals surface area contributed by atoms with Crippen LogP contribution in [0.3, 0.4) is 0 Å². The molecular weight excluding hydrogens is 334 g/mol. The Hall–Kier alpha value is -2.14. The van der Waals surface area contributed by atoms with Gasteiger partial charge in [-0.3, -0.25) is 4.79 Å². The van der Waals surface area contributed by atoms with E-state index in [0.29, 0.717) is 6.54 Å². The van der Waals surface area contributed by atoms with Crippen molar-refractivity contribution in [3.05, 3.63) is 53.6 Å². The number of amides is 1. The summed E-state index contributed by atoms with van der Waals surface area (Å²) in [5.41, 5.74) is 1.89. The van der Waals surface area contributed by atoms with Gasteiger partial charge in [-0.05, 0) is 43.0 Å². The Balaban J connectivity index is 1.81. The minimum atomic E-state index is 0.106. The number of carbonyl (C=O) groups is 1. The van der Waals surface area contributed by atoms with Crippen molar-refractivity contribution in [3.8, 4) is 11.5 Å². The van der Waals surface area contributed by atoms with Gasteiger partial charge in [-0.25, -0.2) is 0 Å². The number of hydrogen-bond acceptors (Lipinski definition) is 4. The lowest BCUT2D eigenvalue weighted by Crippen LogP contribution is -2.28. The molecule has 1 aliphatic heterocycles. The Morgan fingerprint density at radius 2 is 1.96 bits per heavy atom. The molecule has 1 amide bonds. The highest BCUT2D eigenvalue weighted by Crippen LogP contribution is 2.36. The van der Waals surface area contributed by atoms with Gasteiger partial charge in [0.25, 0.3) is 5.91 Å². The third-order valence-corrected chi connectivity index (χ3v) is 5.49. The Kier molecular flexibility index (Phi) is 5.53. The minimum absolute atomic E-state index is 0.106. The molecule has 0 N–H and O–H groups in total. The third kappa shape index (κ3) is 3.61. The zero-order chi connectivity index (χ0) is 17.8. The SMILES string of the molecule is COc1ccc(OC)c(C2CCN(C(=O)c3ccccc3SC)C2)c1. The van der Waals surface area contributed by atoms with E-state index in [-0.39, 0.29) is 11.8 Å². The number of rotatable bonds is 5. The molecule has 1 aliphatic rings. The third-order valence-electron chi connectivity index (χ3n) is 4.69. The van der Waals surface area contributed by atoms with E-state index in [4.69, 9.17) is 9.47 Å². The predicted molar refractivity (Wildman–Crippen MR) is 101 cm³/mol. The van der Waals surface area contributed by atoms with Gasteiger partial charge in [0.05, 0.1) is 19.8 Å². The van der Waals surface area contributed by atoms with Crippen molar-refractivity contribution in [2.75, 3.05) is 33.6 Å². The molecule has 5 heteroatoms. The molecular formula is C20H23NO3S. The van der Waals surface area contributed by atoms with Crippen LogP contribution in [0.15, 0.2) is 47.4 Å². The number of hydrogen-bond donors (Lipinski definition) is 0. The van der Waals surface area contributed by atoms with E-state index in [9.17, 15) is 4.79 Å². The number of carbonyl (C=O) groups excluding carboxylic acids is 1. The van der Waals surface area contributed by atoms with Crippen LogP contribution in [0.1, 0.15) is 28.3 Å². The molecule has 0 aliphatic carbocycles. The van der Waals surface area contributed by atoms with Gasteiger partial charge in [-0.2, -0.15) is 0 Å². The van der Waals surface area contributed by atoms with Gasteiger partial charge in [0.15, 0.2) is 0 Å². The topological polar surface area (TPSA) is 38.8 Å². The van der Waals surface area contributed by atoms with Gasteiger partial charge < -0.3 is 14.4 Å². The van der Waals surface area contributed by atoms with E-state index in [1.807, 2.05) is 53.6 Å². The zero-order valence-electron chi connectivity index (χ0n) is 14.8. The number of thioether (sulfide) groups is 1.